The van der Waals surface area contributed by atoms with Gasteiger partial charge < -0.3 is 24.3 Å². The molecule has 148 valence electrons. The zero-order valence-electron chi connectivity index (χ0n) is 16.1. The molecule has 0 aromatic heterocycles. The van der Waals surface area contributed by atoms with Gasteiger partial charge in [-0.25, -0.2) is 4.79 Å². The van der Waals surface area contributed by atoms with Crippen LogP contribution in [0.1, 0.15) is 18.1 Å². The van der Waals surface area contributed by atoms with Gasteiger partial charge in [0.25, 0.3) is 0 Å². The first-order valence-electron chi connectivity index (χ1n) is 8.59. The maximum atomic E-state index is 11.7. The predicted octanol–water partition coefficient (Wildman–Crippen LogP) is 3.57. The minimum Gasteiger partial charge on any atom is -0.493 e. The summed E-state index contributed by atoms with van der Waals surface area (Å²) in [5.41, 5.74) is 1.67. The molecule has 2 aromatic carbocycles. The molecule has 28 heavy (non-hydrogen) atoms. The zero-order chi connectivity index (χ0) is 20.4. The van der Waals surface area contributed by atoms with E-state index in [1.807, 2.05) is 30.3 Å². The maximum absolute atomic E-state index is 11.7. The number of esters is 1. The number of carbonyl (C=O) groups excluding carboxylic acids is 2. The van der Waals surface area contributed by atoms with Crippen molar-refractivity contribution in [2.45, 2.75) is 13.5 Å². The number of carbonyl (C=O) groups is 2. The Morgan fingerprint density at radius 1 is 1.04 bits per heavy atom. The summed E-state index contributed by atoms with van der Waals surface area (Å²) in [6.45, 7) is 1.79. The van der Waals surface area contributed by atoms with Gasteiger partial charge in [0.15, 0.2) is 11.5 Å². The third kappa shape index (κ3) is 6.35. The molecule has 2 rings (SSSR count). The van der Waals surface area contributed by atoms with E-state index in [0.29, 0.717) is 11.5 Å². The summed E-state index contributed by atoms with van der Waals surface area (Å²) >= 11 is 0. The largest absolute Gasteiger partial charge is 0.493 e. The van der Waals surface area contributed by atoms with Crippen molar-refractivity contribution in [1.82, 2.24) is 5.32 Å². The van der Waals surface area contributed by atoms with Crippen LogP contribution in [0.4, 0.5) is 4.79 Å². The lowest BCUT2D eigenvalue weighted by Crippen LogP contribution is -2.24. The van der Waals surface area contributed by atoms with Gasteiger partial charge >= 0.3 is 12.1 Å². The molecule has 0 saturated carbocycles. The Bertz CT molecular complexity index is 807. The van der Waals surface area contributed by atoms with Crippen molar-refractivity contribution in [3.8, 4) is 17.2 Å². The standard InChI is InChI=1S/C21H23NO6/c1-15(23)28-20-18(25-2)12-17(13-19(20)26-3)10-7-11-22-21(24)27-14-16-8-5-4-6-9-16/h4-10,12-13H,11,14H2,1-3H3,(H,22,24). The molecular weight excluding hydrogens is 362 g/mol. The van der Waals surface area contributed by atoms with Crippen LogP contribution in [0.15, 0.2) is 48.5 Å². The van der Waals surface area contributed by atoms with Crippen molar-refractivity contribution >= 4 is 18.1 Å². The molecule has 0 heterocycles. The van der Waals surface area contributed by atoms with Gasteiger partial charge in [-0.2, -0.15) is 0 Å². The second-order valence-corrected chi connectivity index (χ2v) is 5.69. The van der Waals surface area contributed by atoms with Crippen LogP contribution in [0.25, 0.3) is 6.08 Å². The quantitative estimate of drug-likeness (QED) is 0.553. The fourth-order valence-corrected chi connectivity index (χ4v) is 2.35. The second kappa shape index (κ2) is 10.6. The van der Waals surface area contributed by atoms with Gasteiger partial charge in [-0.3, -0.25) is 4.79 Å². The zero-order valence-corrected chi connectivity index (χ0v) is 16.1. The first kappa shape index (κ1) is 20.8. The Balaban J connectivity index is 1.92. The molecule has 7 heteroatoms. The van der Waals surface area contributed by atoms with Crippen molar-refractivity contribution in [3.05, 3.63) is 59.7 Å². The summed E-state index contributed by atoms with van der Waals surface area (Å²) in [6.07, 6.45) is 3.03. The molecule has 0 saturated heterocycles. The first-order valence-corrected chi connectivity index (χ1v) is 8.59. The number of hydrogen-bond donors (Lipinski definition) is 1. The smallest absolute Gasteiger partial charge is 0.407 e. The fraction of sp³-hybridized carbons (Fsp3) is 0.238. The Labute approximate surface area is 163 Å². The van der Waals surface area contributed by atoms with E-state index >= 15 is 0 Å². The molecular formula is C21H23NO6. The van der Waals surface area contributed by atoms with E-state index in [2.05, 4.69) is 5.32 Å². The van der Waals surface area contributed by atoms with Crippen molar-refractivity contribution in [1.29, 1.82) is 0 Å². The van der Waals surface area contributed by atoms with Gasteiger partial charge in [-0.15, -0.1) is 0 Å². The lowest BCUT2D eigenvalue weighted by Gasteiger charge is -2.13. The van der Waals surface area contributed by atoms with E-state index < -0.39 is 12.1 Å². The Kier molecular flexibility index (Phi) is 7.90. The van der Waals surface area contributed by atoms with E-state index in [4.69, 9.17) is 18.9 Å². The molecule has 0 unspecified atom stereocenters. The highest BCUT2D eigenvalue weighted by atomic mass is 16.6. The van der Waals surface area contributed by atoms with Crippen LogP contribution in [-0.4, -0.2) is 32.8 Å². The lowest BCUT2D eigenvalue weighted by molar-refractivity contribution is -0.132. The number of rotatable bonds is 8. The topological polar surface area (TPSA) is 83.1 Å². The third-order valence-electron chi connectivity index (χ3n) is 3.62. The first-order chi connectivity index (χ1) is 13.5. The minimum absolute atomic E-state index is 0.211. The minimum atomic E-state index is -0.506. The summed E-state index contributed by atoms with van der Waals surface area (Å²) in [7, 11) is 2.94. The molecule has 0 atom stereocenters. The van der Waals surface area contributed by atoms with E-state index in [9.17, 15) is 9.59 Å². The molecule has 7 nitrogen and oxygen atoms in total. The number of hydrogen-bond acceptors (Lipinski definition) is 6. The van der Waals surface area contributed by atoms with Crippen molar-refractivity contribution in [2.75, 3.05) is 20.8 Å². The Hall–Kier alpha value is -3.48. The number of ether oxygens (including phenoxy) is 4. The monoisotopic (exact) mass is 385 g/mol. The van der Waals surface area contributed by atoms with Crippen LogP contribution in [-0.2, 0) is 16.1 Å². The third-order valence-corrected chi connectivity index (χ3v) is 3.62. The normalized spacial score (nSPS) is 10.4. The van der Waals surface area contributed by atoms with Gasteiger partial charge in [-0.1, -0.05) is 42.5 Å². The van der Waals surface area contributed by atoms with Crippen LogP contribution in [0.2, 0.25) is 0 Å². The highest BCUT2D eigenvalue weighted by Gasteiger charge is 2.15. The second-order valence-electron chi connectivity index (χ2n) is 5.69. The van der Waals surface area contributed by atoms with Crippen molar-refractivity contribution in [3.63, 3.8) is 0 Å². The summed E-state index contributed by atoms with van der Waals surface area (Å²) in [5.74, 6) is 0.476. The molecule has 0 bridgehead atoms. The number of benzene rings is 2. The number of alkyl carbamates (subject to hydrolysis) is 1. The Morgan fingerprint density at radius 3 is 2.25 bits per heavy atom. The molecule has 2 aromatic rings. The number of methoxy groups -OCH3 is 2. The van der Waals surface area contributed by atoms with Gasteiger partial charge in [0.2, 0.25) is 5.75 Å². The summed E-state index contributed by atoms with van der Waals surface area (Å²) in [6, 6.07) is 12.8. The van der Waals surface area contributed by atoms with E-state index in [1.165, 1.54) is 21.1 Å². The van der Waals surface area contributed by atoms with Crippen LogP contribution >= 0.6 is 0 Å². The maximum Gasteiger partial charge on any atom is 0.407 e. The highest BCUT2D eigenvalue weighted by Crippen LogP contribution is 2.39. The summed E-state index contributed by atoms with van der Waals surface area (Å²) in [5, 5.41) is 2.64. The average molecular weight is 385 g/mol. The van der Waals surface area contributed by atoms with Crippen LogP contribution in [0, 0.1) is 0 Å². The van der Waals surface area contributed by atoms with Crippen molar-refractivity contribution in [2.24, 2.45) is 0 Å². The van der Waals surface area contributed by atoms with Crippen LogP contribution in [0.5, 0.6) is 17.2 Å². The number of nitrogens with one attached hydrogen (secondary N) is 1. The van der Waals surface area contributed by atoms with Crippen LogP contribution in [0.3, 0.4) is 0 Å². The van der Waals surface area contributed by atoms with E-state index in [0.717, 1.165) is 11.1 Å². The molecule has 0 aliphatic heterocycles. The van der Waals surface area contributed by atoms with Gasteiger partial charge in [0.1, 0.15) is 6.61 Å². The average Bonchev–Trinajstić information content (AvgIpc) is 2.70. The molecule has 0 aliphatic carbocycles. The predicted molar refractivity (Wildman–Crippen MR) is 105 cm³/mol. The summed E-state index contributed by atoms with van der Waals surface area (Å²) < 4.78 is 20.8. The Morgan fingerprint density at radius 2 is 1.68 bits per heavy atom. The molecule has 1 amide bonds. The van der Waals surface area contributed by atoms with E-state index in [-0.39, 0.29) is 18.9 Å². The van der Waals surface area contributed by atoms with Crippen molar-refractivity contribution < 1.29 is 28.5 Å². The van der Waals surface area contributed by atoms with Gasteiger partial charge in [-0.05, 0) is 23.3 Å². The van der Waals surface area contributed by atoms with Gasteiger partial charge in [0.05, 0.1) is 14.2 Å². The molecule has 0 aliphatic rings. The molecule has 1 N–H and O–H groups in total. The van der Waals surface area contributed by atoms with Gasteiger partial charge in [0, 0.05) is 13.5 Å². The molecule has 0 radical (unpaired) electrons. The van der Waals surface area contributed by atoms with E-state index in [1.54, 1.807) is 24.3 Å². The highest BCUT2D eigenvalue weighted by molar-refractivity contribution is 5.73. The molecule has 0 spiro atoms. The SMILES string of the molecule is COc1cc(C=CCNC(=O)OCc2ccccc2)cc(OC)c1OC(C)=O. The van der Waals surface area contributed by atoms with Crippen LogP contribution < -0.4 is 19.5 Å². The number of amides is 1. The molecule has 0 fully saturated rings. The summed E-state index contributed by atoms with van der Waals surface area (Å²) in [4.78, 5) is 23.0. The fourth-order valence-electron chi connectivity index (χ4n) is 2.35. The lowest BCUT2D eigenvalue weighted by atomic mass is 10.1.